The van der Waals surface area contributed by atoms with Crippen LogP contribution in [-0.4, -0.2) is 48.4 Å². The molecule has 0 saturated carbocycles. The molecule has 1 rings (SSSR count). The highest BCUT2D eigenvalue weighted by molar-refractivity contribution is 5.98. The second-order valence-corrected chi connectivity index (χ2v) is 4.96. The first-order chi connectivity index (χ1) is 10.4. The van der Waals surface area contributed by atoms with Crippen LogP contribution in [0.4, 0.5) is 0 Å². The Labute approximate surface area is 129 Å². The molecule has 6 heteroatoms. The summed E-state index contributed by atoms with van der Waals surface area (Å²) in [4.78, 5) is 35.7. The summed E-state index contributed by atoms with van der Waals surface area (Å²) in [5.74, 6) is -0.469. The van der Waals surface area contributed by atoms with Crippen LogP contribution in [0.3, 0.4) is 0 Å². The van der Waals surface area contributed by atoms with Crippen molar-refractivity contribution in [2.45, 2.75) is 25.7 Å². The van der Waals surface area contributed by atoms with E-state index in [0.717, 1.165) is 0 Å². The van der Waals surface area contributed by atoms with Crippen LogP contribution in [0, 0.1) is 0 Å². The molecule has 1 amide bonds. The molecule has 1 aromatic rings. The molecule has 0 radical (unpaired) electrons. The first-order valence-corrected chi connectivity index (χ1v) is 7.07. The average molecular weight is 307 g/mol. The number of hydrogen-bond donors (Lipinski definition) is 1. The summed E-state index contributed by atoms with van der Waals surface area (Å²) in [7, 11) is 3.16. The summed E-state index contributed by atoms with van der Waals surface area (Å²) < 4.78 is 5.02. The number of carbonyl (C=O) groups excluding carboxylic acids is 2. The number of rotatable bonds is 9. The molecule has 0 aliphatic carbocycles. The fourth-order valence-corrected chi connectivity index (χ4v) is 1.92. The van der Waals surface area contributed by atoms with E-state index in [9.17, 15) is 14.4 Å². The van der Waals surface area contributed by atoms with Gasteiger partial charge in [0.25, 0.3) is 0 Å². The maximum absolute atomic E-state index is 12.0. The summed E-state index contributed by atoms with van der Waals surface area (Å²) in [6.07, 6.45) is 0.690. The van der Waals surface area contributed by atoms with E-state index in [4.69, 9.17) is 9.84 Å². The Morgan fingerprint density at radius 2 is 1.73 bits per heavy atom. The van der Waals surface area contributed by atoms with Crippen molar-refractivity contribution in [3.05, 3.63) is 29.8 Å². The minimum atomic E-state index is -0.879. The summed E-state index contributed by atoms with van der Waals surface area (Å²) in [5, 5.41) is 8.55. The Bertz CT molecular complexity index is 524. The van der Waals surface area contributed by atoms with Crippen molar-refractivity contribution >= 4 is 17.7 Å². The van der Waals surface area contributed by atoms with Crippen molar-refractivity contribution in [3.63, 3.8) is 0 Å². The van der Waals surface area contributed by atoms with Crippen LogP contribution < -0.4 is 4.74 Å². The third kappa shape index (κ3) is 5.95. The number of Topliss-reactive ketones (excluding diaryl/α,β-unsaturated/α-hetero) is 1. The third-order valence-electron chi connectivity index (χ3n) is 3.29. The molecule has 120 valence electrons. The first kappa shape index (κ1) is 17.7. The van der Waals surface area contributed by atoms with Gasteiger partial charge in [-0.1, -0.05) is 0 Å². The number of carboxylic acids is 1. The number of ketones is 1. The first-order valence-electron chi connectivity index (χ1n) is 7.07. The van der Waals surface area contributed by atoms with Crippen LogP contribution in [-0.2, 0) is 9.59 Å². The predicted octanol–water partition coefficient (Wildman–Crippen LogP) is 1.98. The molecule has 0 unspecified atom stereocenters. The number of benzene rings is 1. The van der Waals surface area contributed by atoms with E-state index in [1.807, 2.05) is 0 Å². The second-order valence-electron chi connectivity index (χ2n) is 4.96. The molecule has 1 aromatic carbocycles. The van der Waals surface area contributed by atoms with Crippen molar-refractivity contribution in [2.24, 2.45) is 0 Å². The molecule has 1 N–H and O–H groups in total. The Morgan fingerprint density at radius 3 is 2.27 bits per heavy atom. The summed E-state index contributed by atoms with van der Waals surface area (Å²) in [6, 6.07) is 6.74. The molecule has 6 nitrogen and oxygen atoms in total. The van der Waals surface area contributed by atoms with Crippen LogP contribution >= 0.6 is 0 Å². The fraction of sp³-hybridized carbons (Fsp3) is 0.438. The van der Waals surface area contributed by atoms with Gasteiger partial charge in [0.05, 0.1) is 7.11 Å². The quantitative estimate of drug-likeness (QED) is 0.705. The van der Waals surface area contributed by atoms with E-state index in [1.165, 1.54) is 4.90 Å². The van der Waals surface area contributed by atoms with Crippen LogP contribution in [0.2, 0.25) is 0 Å². The molecule has 0 atom stereocenters. The van der Waals surface area contributed by atoms with E-state index in [-0.39, 0.29) is 31.0 Å². The molecular weight excluding hydrogens is 286 g/mol. The summed E-state index contributed by atoms with van der Waals surface area (Å²) in [5.41, 5.74) is 0.544. The van der Waals surface area contributed by atoms with Crippen molar-refractivity contribution in [3.8, 4) is 5.75 Å². The van der Waals surface area contributed by atoms with Crippen molar-refractivity contribution in [1.29, 1.82) is 0 Å². The lowest BCUT2D eigenvalue weighted by atomic mass is 10.1. The number of carboxylic acid groups (broad SMARTS) is 1. The molecular formula is C16H21NO5. The lowest BCUT2D eigenvalue weighted by Gasteiger charge is -2.16. The molecule has 0 aromatic heterocycles. The zero-order valence-corrected chi connectivity index (χ0v) is 12.9. The number of nitrogens with zero attached hydrogens (tertiary/aromatic N) is 1. The van der Waals surface area contributed by atoms with Gasteiger partial charge in [0, 0.05) is 38.4 Å². The van der Waals surface area contributed by atoms with Gasteiger partial charge in [0.15, 0.2) is 5.78 Å². The van der Waals surface area contributed by atoms with Crippen LogP contribution in [0.1, 0.15) is 36.0 Å². The fourth-order valence-electron chi connectivity index (χ4n) is 1.92. The van der Waals surface area contributed by atoms with Gasteiger partial charge < -0.3 is 14.7 Å². The molecule has 0 heterocycles. The lowest BCUT2D eigenvalue weighted by Crippen LogP contribution is -2.28. The number of ether oxygens (including phenoxy) is 1. The van der Waals surface area contributed by atoms with E-state index in [0.29, 0.717) is 24.3 Å². The van der Waals surface area contributed by atoms with Gasteiger partial charge in [-0.15, -0.1) is 0 Å². The molecule has 0 fully saturated rings. The van der Waals surface area contributed by atoms with Gasteiger partial charge in [-0.2, -0.15) is 0 Å². The second kappa shape index (κ2) is 8.81. The number of hydrogen-bond acceptors (Lipinski definition) is 4. The smallest absolute Gasteiger partial charge is 0.303 e. The van der Waals surface area contributed by atoms with Gasteiger partial charge in [-0.25, -0.2) is 0 Å². The highest BCUT2D eigenvalue weighted by atomic mass is 16.5. The monoisotopic (exact) mass is 307 g/mol. The Morgan fingerprint density at radius 1 is 1.09 bits per heavy atom. The number of methoxy groups -OCH3 is 1. The zero-order chi connectivity index (χ0) is 16.5. The van der Waals surface area contributed by atoms with Gasteiger partial charge in [0.2, 0.25) is 5.91 Å². The van der Waals surface area contributed by atoms with Gasteiger partial charge in [0.1, 0.15) is 5.75 Å². The third-order valence-corrected chi connectivity index (χ3v) is 3.29. The minimum absolute atomic E-state index is 0.0302. The summed E-state index contributed by atoms with van der Waals surface area (Å²) >= 11 is 0. The Hall–Kier alpha value is -2.37. The number of aliphatic carboxylic acids is 1. The highest BCUT2D eigenvalue weighted by Crippen LogP contribution is 2.13. The van der Waals surface area contributed by atoms with Crippen molar-refractivity contribution in [1.82, 2.24) is 4.90 Å². The molecule has 0 saturated heterocycles. The van der Waals surface area contributed by atoms with Gasteiger partial charge >= 0.3 is 5.97 Å². The van der Waals surface area contributed by atoms with E-state index < -0.39 is 5.97 Å². The Balaban J connectivity index is 2.38. The normalized spacial score (nSPS) is 10.1. The van der Waals surface area contributed by atoms with E-state index >= 15 is 0 Å². The molecule has 0 aliphatic rings. The van der Waals surface area contributed by atoms with E-state index in [2.05, 4.69) is 0 Å². The molecule has 0 spiro atoms. The SMILES string of the molecule is COc1ccc(C(=O)CCC(=O)N(C)CCCC(=O)O)cc1. The lowest BCUT2D eigenvalue weighted by molar-refractivity contribution is -0.138. The van der Waals surface area contributed by atoms with Crippen molar-refractivity contribution < 1.29 is 24.2 Å². The van der Waals surface area contributed by atoms with Crippen LogP contribution in [0.25, 0.3) is 0 Å². The topological polar surface area (TPSA) is 83.9 Å². The Kier molecular flexibility index (Phi) is 7.08. The predicted molar refractivity (Wildman–Crippen MR) is 81.1 cm³/mol. The molecule has 22 heavy (non-hydrogen) atoms. The van der Waals surface area contributed by atoms with Crippen LogP contribution in [0.5, 0.6) is 5.75 Å². The van der Waals surface area contributed by atoms with E-state index in [1.54, 1.807) is 38.4 Å². The standard InChI is InChI=1S/C16H21NO5/c1-17(11-3-4-16(20)21)15(19)10-9-14(18)12-5-7-13(22-2)8-6-12/h5-8H,3-4,9-11H2,1-2H3,(H,20,21). The zero-order valence-electron chi connectivity index (χ0n) is 12.9. The summed E-state index contributed by atoms with van der Waals surface area (Å²) in [6.45, 7) is 0.377. The molecule has 0 bridgehead atoms. The maximum Gasteiger partial charge on any atom is 0.303 e. The van der Waals surface area contributed by atoms with Crippen LogP contribution in [0.15, 0.2) is 24.3 Å². The minimum Gasteiger partial charge on any atom is -0.497 e. The van der Waals surface area contributed by atoms with Gasteiger partial charge in [-0.3, -0.25) is 14.4 Å². The number of carbonyl (C=O) groups is 3. The number of amides is 1. The van der Waals surface area contributed by atoms with Gasteiger partial charge in [-0.05, 0) is 30.7 Å². The highest BCUT2D eigenvalue weighted by Gasteiger charge is 2.13. The largest absolute Gasteiger partial charge is 0.497 e. The van der Waals surface area contributed by atoms with Crippen molar-refractivity contribution in [2.75, 3.05) is 20.7 Å². The average Bonchev–Trinajstić information content (AvgIpc) is 2.51. The maximum atomic E-state index is 12.0. The molecule has 0 aliphatic heterocycles.